The van der Waals surface area contributed by atoms with Gasteiger partial charge in [-0.15, -0.1) is 11.3 Å². The lowest BCUT2D eigenvalue weighted by Gasteiger charge is -2.33. The second-order valence-corrected chi connectivity index (χ2v) is 7.82. The Morgan fingerprint density at radius 3 is 2.84 bits per heavy atom. The number of carbonyl (C=O) groups is 1. The molecule has 0 aliphatic carbocycles. The summed E-state index contributed by atoms with van der Waals surface area (Å²) in [5.41, 5.74) is 0. The number of aromatic nitrogens is 2. The van der Waals surface area contributed by atoms with Crippen LogP contribution in [0.1, 0.15) is 32.1 Å². The van der Waals surface area contributed by atoms with Crippen molar-refractivity contribution >= 4 is 33.3 Å². The average Bonchev–Trinajstić information content (AvgIpc) is 3.12. The number of anilines is 1. The third-order valence-electron chi connectivity index (χ3n) is 5.22. The van der Waals surface area contributed by atoms with E-state index >= 15 is 0 Å². The molecule has 0 radical (unpaired) electrons. The second kappa shape index (κ2) is 7.66. The number of thiophene rings is 1. The summed E-state index contributed by atoms with van der Waals surface area (Å²) in [6.45, 7) is 3.44. The summed E-state index contributed by atoms with van der Waals surface area (Å²) < 4.78 is 5.34. The van der Waals surface area contributed by atoms with Crippen LogP contribution in [0, 0.1) is 5.92 Å². The molecule has 134 valence electrons. The Hall–Kier alpha value is -1.73. The van der Waals surface area contributed by atoms with Crippen LogP contribution in [0.3, 0.4) is 0 Å². The number of nitrogens with zero attached hydrogens (tertiary/aromatic N) is 3. The van der Waals surface area contributed by atoms with Gasteiger partial charge < -0.3 is 15.0 Å². The van der Waals surface area contributed by atoms with Gasteiger partial charge >= 0.3 is 0 Å². The smallest absolute Gasteiger partial charge is 0.220 e. The van der Waals surface area contributed by atoms with Crippen LogP contribution in [0.25, 0.3) is 10.2 Å². The van der Waals surface area contributed by atoms with Gasteiger partial charge in [0.1, 0.15) is 17.0 Å². The molecular weight excluding hydrogens is 336 g/mol. The van der Waals surface area contributed by atoms with Crippen molar-refractivity contribution in [3.05, 3.63) is 17.8 Å². The summed E-state index contributed by atoms with van der Waals surface area (Å²) >= 11 is 1.65. The van der Waals surface area contributed by atoms with Gasteiger partial charge in [0.25, 0.3) is 0 Å². The number of ether oxygens (including phenoxy) is 1. The van der Waals surface area contributed by atoms with Gasteiger partial charge in [-0.2, -0.15) is 0 Å². The predicted molar refractivity (Wildman–Crippen MR) is 99.0 cm³/mol. The van der Waals surface area contributed by atoms with Crippen LogP contribution in [-0.2, 0) is 9.53 Å². The Morgan fingerprint density at radius 1 is 1.24 bits per heavy atom. The zero-order valence-corrected chi connectivity index (χ0v) is 15.1. The molecule has 4 heterocycles. The Morgan fingerprint density at radius 2 is 2.04 bits per heavy atom. The largest absolute Gasteiger partial charge is 0.381 e. The topological polar surface area (TPSA) is 67.4 Å². The molecule has 2 aliphatic heterocycles. The minimum Gasteiger partial charge on any atom is -0.381 e. The SMILES string of the molecule is O=C(CC1CCN(c2ncnc3sccc23)CC1)NC1CCOCC1. The van der Waals surface area contributed by atoms with Gasteiger partial charge in [0.05, 0.1) is 5.39 Å². The predicted octanol–water partition coefficient (Wildman–Crippen LogP) is 2.59. The summed E-state index contributed by atoms with van der Waals surface area (Å²) in [5.74, 6) is 1.71. The molecule has 2 aromatic heterocycles. The Kier molecular flexibility index (Phi) is 5.12. The third kappa shape index (κ3) is 3.93. The van der Waals surface area contributed by atoms with Crippen LogP contribution in [-0.4, -0.2) is 48.2 Å². The molecule has 4 rings (SSSR count). The molecule has 0 unspecified atom stereocenters. The van der Waals surface area contributed by atoms with Crippen LogP contribution in [0.2, 0.25) is 0 Å². The molecule has 0 spiro atoms. The van der Waals surface area contributed by atoms with Crippen molar-refractivity contribution in [1.29, 1.82) is 0 Å². The Labute approximate surface area is 151 Å². The molecule has 2 aromatic rings. The molecule has 2 fully saturated rings. The van der Waals surface area contributed by atoms with Crippen LogP contribution >= 0.6 is 11.3 Å². The van der Waals surface area contributed by atoms with Crippen molar-refractivity contribution < 1.29 is 9.53 Å². The van der Waals surface area contributed by atoms with Crippen molar-refractivity contribution in [2.75, 3.05) is 31.2 Å². The normalized spacial score (nSPS) is 20.1. The van der Waals surface area contributed by atoms with E-state index in [1.807, 2.05) is 0 Å². The van der Waals surface area contributed by atoms with Gasteiger partial charge in [0.2, 0.25) is 5.91 Å². The number of carbonyl (C=O) groups excluding carboxylic acids is 1. The first-order chi connectivity index (χ1) is 12.3. The van der Waals surface area contributed by atoms with Crippen LogP contribution in [0.4, 0.5) is 5.82 Å². The maximum Gasteiger partial charge on any atom is 0.220 e. The maximum atomic E-state index is 12.3. The van der Waals surface area contributed by atoms with Gasteiger partial charge in [-0.05, 0) is 43.0 Å². The molecule has 0 bridgehead atoms. The lowest BCUT2D eigenvalue weighted by Crippen LogP contribution is -2.41. The fourth-order valence-electron chi connectivity index (χ4n) is 3.77. The molecule has 7 heteroatoms. The van der Waals surface area contributed by atoms with Gasteiger partial charge in [0.15, 0.2) is 0 Å². The molecule has 0 atom stereocenters. The van der Waals surface area contributed by atoms with E-state index in [9.17, 15) is 4.79 Å². The first kappa shape index (κ1) is 16.7. The monoisotopic (exact) mass is 360 g/mol. The summed E-state index contributed by atoms with van der Waals surface area (Å²) in [4.78, 5) is 24.5. The number of amides is 1. The second-order valence-electron chi connectivity index (χ2n) is 6.93. The maximum absolute atomic E-state index is 12.3. The molecule has 1 N–H and O–H groups in total. The van der Waals surface area contributed by atoms with E-state index in [2.05, 4.69) is 31.6 Å². The van der Waals surface area contributed by atoms with Crippen molar-refractivity contribution in [3.8, 4) is 0 Å². The molecule has 0 aromatic carbocycles. The van der Waals surface area contributed by atoms with Crippen molar-refractivity contribution in [1.82, 2.24) is 15.3 Å². The van der Waals surface area contributed by atoms with Crippen LogP contribution < -0.4 is 10.2 Å². The number of hydrogen-bond donors (Lipinski definition) is 1. The quantitative estimate of drug-likeness (QED) is 0.908. The van der Waals surface area contributed by atoms with E-state index in [0.29, 0.717) is 18.4 Å². The fourth-order valence-corrected chi connectivity index (χ4v) is 4.50. The highest BCUT2D eigenvalue weighted by Gasteiger charge is 2.25. The Bertz CT molecular complexity index is 721. The number of piperidine rings is 1. The van der Waals surface area contributed by atoms with Gasteiger partial charge in [0, 0.05) is 38.8 Å². The summed E-state index contributed by atoms with van der Waals surface area (Å²) in [5, 5.41) is 6.39. The summed E-state index contributed by atoms with van der Waals surface area (Å²) in [6, 6.07) is 2.40. The fraction of sp³-hybridized carbons (Fsp3) is 0.611. The van der Waals surface area contributed by atoms with Gasteiger partial charge in [-0.25, -0.2) is 9.97 Å². The van der Waals surface area contributed by atoms with Crippen molar-refractivity contribution in [2.24, 2.45) is 5.92 Å². The Balaban J connectivity index is 1.29. The lowest BCUT2D eigenvalue weighted by molar-refractivity contribution is -0.123. The highest BCUT2D eigenvalue weighted by Crippen LogP contribution is 2.30. The van der Waals surface area contributed by atoms with E-state index in [1.54, 1.807) is 17.7 Å². The molecule has 0 saturated carbocycles. The first-order valence-electron chi connectivity index (χ1n) is 9.10. The standard InChI is InChI=1S/C18H24N4O2S/c23-16(21-14-3-8-24-9-4-14)11-13-1-6-22(7-2-13)17-15-5-10-25-18(15)20-12-19-17/h5,10,12-14H,1-4,6-9,11H2,(H,21,23). The highest BCUT2D eigenvalue weighted by molar-refractivity contribution is 7.16. The summed E-state index contributed by atoms with van der Waals surface area (Å²) in [6.07, 6.45) is 6.25. The van der Waals surface area contributed by atoms with E-state index in [-0.39, 0.29) is 5.91 Å². The number of nitrogens with one attached hydrogen (secondary N) is 1. The van der Waals surface area contributed by atoms with Crippen LogP contribution in [0.15, 0.2) is 17.8 Å². The summed E-state index contributed by atoms with van der Waals surface area (Å²) in [7, 11) is 0. The van der Waals surface area contributed by atoms with Crippen molar-refractivity contribution in [3.63, 3.8) is 0 Å². The zero-order valence-electron chi connectivity index (χ0n) is 14.3. The molecule has 6 nitrogen and oxygen atoms in total. The van der Waals surface area contributed by atoms with E-state index in [0.717, 1.165) is 68.0 Å². The molecule has 1 amide bonds. The number of hydrogen-bond acceptors (Lipinski definition) is 6. The number of rotatable bonds is 4. The first-order valence-corrected chi connectivity index (χ1v) is 9.98. The third-order valence-corrected chi connectivity index (χ3v) is 6.04. The van der Waals surface area contributed by atoms with Crippen molar-refractivity contribution in [2.45, 2.75) is 38.1 Å². The van der Waals surface area contributed by atoms with E-state index < -0.39 is 0 Å². The van der Waals surface area contributed by atoms with Gasteiger partial charge in [-0.3, -0.25) is 4.79 Å². The van der Waals surface area contributed by atoms with Crippen LogP contribution in [0.5, 0.6) is 0 Å². The minimum atomic E-state index is 0.201. The number of fused-ring (bicyclic) bond motifs is 1. The zero-order chi connectivity index (χ0) is 17.1. The molecular formula is C18H24N4O2S. The average molecular weight is 360 g/mol. The molecule has 2 aliphatic rings. The lowest BCUT2D eigenvalue weighted by atomic mass is 9.93. The highest BCUT2D eigenvalue weighted by atomic mass is 32.1. The van der Waals surface area contributed by atoms with Gasteiger partial charge in [-0.1, -0.05) is 0 Å². The van der Waals surface area contributed by atoms with E-state index in [4.69, 9.17) is 4.74 Å². The van der Waals surface area contributed by atoms with E-state index in [1.165, 1.54) is 0 Å². The molecule has 25 heavy (non-hydrogen) atoms. The molecule has 2 saturated heterocycles. The minimum absolute atomic E-state index is 0.201.